The average molecular weight is 508 g/mol. The number of nitrogens with two attached hydrogens (primary N) is 1. The molecular formula is C22H37BN6O7. The van der Waals surface area contributed by atoms with E-state index in [1.807, 2.05) is 26.0 Å². The number of carbonyl (C=O) groups is 2. The highest BCUT2D eigenvalue weighted by Gasteiger charge is 2.29. The van der Waals surface area contributed by atoms with E-state index in [1.54, 1.807) is 17.6 Å². The minimum absolute atomic E-state index is 0.0586. The summed E-state index contributed by atoms with van der Waals surface area (Å²) in [6.45, 7) is 7.59. The molecule has 0 aliphatic rings. The summed E-state index contributed by atoms with van der Waals surface area (Å²) in [6, 6.07) is 6.30. The van der Waals surface area contributed by atoms with Gasteiger partial charge in [-0.05, 0) is 48.8 Å². The number of amides is 2. The number of hydrazine groups is 1. The van der Waals surface area contributed by atoms with Gasteiger partial charge in [0, 0.05) is 6.54 Å². The van der Waals surface area contributed by atoms with Gasteiger partial charge >= 0.3 is 7.12 Å². The van der Waals surface area contributed by atoms with Crippen LogP contribution in [0.3, 0.4) is 0 Å². The second-order valence-corrected chi connectivity index (χ2v) is 9.07. The van der Waals surface area contributed by atoms with Gasteiger partial charge in [-0.3, -0.25) is 9.59 Å². The molecule has 0 aliphatic carbocycles. The summed E-state index contributed by atoms with van der Waals surface area (Å²) in [5.74, 6) is -1.54. The number of nitrogens with one attached hydrogen (secondary N) is 3. The van der Waals surface area contributed by atoms with Gasteiger partial charge in [-0.15, -0.1) is 0 Å². The van der Waals surface area contributed by atoms with Crippen LogP contribution in [0.5, 0.6) is 5.75 Å². The summed E-state index contributed by atoms with van der Waals surface area (Å²) >= 11 is 0. The van der Waals surface area contributed by atoms with Gasteiger partial charge in [-0.1, -0.05) is 45.3 Å². The number of nitrogens with zero attached hydrogens (tertiary/aromatic N) is 2. The fourth-order valence-electron chi connectivity index (χ4n) is 3.27. The van der Waals surface area contributed by atoms with Crippen LogP contribution in [0.25, 0.3) is 0 Å². The second-order valence-electron chi connectivity index (χ2n) is 9.07. The van der Waals surface area contributed by atoms with Crippen LogP contribution in [0.4, 0.5) is 0 Å². The van der Waals surface area contributed by atoms with Gasteiger partial charge in [-0.2, -0.15) is 0 Å². The fourth-order valence-corrected chi connectivity index (χ4v) is 3.27. The average Bonchev–Trinajstić information content (AvgIpc) is 2.78. The summed E-state index contributed by atoms with van der Waals surface area (Å²) < 4.78 is 5.51. The molecule has 0 aliphatic heterocycles. The molecule has 0 heterocycles. The number of aliphatic imine (C=N–C) groups is 1. The maximum Gasteiger partial charge on any atom is 0.475 e. The Balaban J connectivity index is 2.79. The Kier molecular flexibility index (Phi) is 13.3. The van der Waals surface area contributed by atoms with Crippen LogP contribution in [0.1, 0.15) is 58.4 Å². The Morgan fingerprint density at radius 3 is 2.33 bits per heavy atom. The lowest BCUT2D eigenvalue weighted by Gasteiger charge is -2.24. The number of rotatable bonds is 15. The molecule has 0 radical (unpaired) electrons. The maximum absolute atomic E-state index is 12.9. The first-order valence-corrected chi connectivity index (χ1v) is 11.8. The van der Waals surface area contributed by atoms with E-state index in [9.17, 15) is 29.8 Å². The van der Waals surface area contributed by atoms with Crippen LogP contribution < -0.4 is 26.5 Å². The fraction of sp³-hybridized carbons (Fsp3) is 0.591. The van der Waals surface area contributed by atoms with Crippen molar-refractivity contribution in [3.05, 3.63) is 39.9 Å². The van der Waals surface area contributed by atoms with Crippen LogP contribution in [-0.2, 0) is 9.59 Å². The van der Waals surface area contributed by atoms with Crippen molar-refractivity contribution in [2.24, 2.45) is 16.6 Å². The van der Waals surface area contributed by atoms with E-state index in [-0.39, 0.29) is 37.9 Å². The smallest absolute Gasteiger partial charge is 0.475 e. The predicted octanol–water partition coefficient (Wildman–Crippen LogP) is 0.0927. The molecule has 2 atom stereocenters. The van der Waals surface area contributed by atoms with Crippen molar-refractivity contribution in [1.82, 2.24) is 16.1 Å². The molecule has 13 nitrogen and oxygen atoms in total. The molecule has 0 unspecified atom stereocenters. The lowest BCUT2D eigenvalue weighted by Crippen LogP contribution is -2.54. The van der Waals surface area contributed by atoms with Gasteiger partial charge in [0.25, 0.3) is 11.9 Å². The third kappa shape index (κ3) is 12.4. The summed E-state index contributed by atoms with van der Waals surface area (Å²) in [5.41, 5.74) is 8.21. The number of carbonyl (C=O) groups excluding carboxylic acids is 2. The van der Waals surface area contributed by atoms with E-state index in [0.717, 1.165) is 5.56 Å². The van der Waals surface area contributed by atoms with Gasteiger partial charge < -0.3 is 31.2 Å². The second kappa shape index (κ2) is 15.6. The SMILES string of the molecule is CC(C)C[C@H](NC(=O)[C@H](CCCN=C(N)N[N+](=O)[O-])NC(=O)COc1ccc(C(C)C)cc1)B(O)O. The predicted molar refractivity (Wildman–Crippen MR) is 135 cm³/mol. The number of ether oxygens (including phenoxy) is 1. The first-order valence-electron chi connectivity index (χ1n) is 11.8. The number of guanidine groups is 1. The third-order valence-electron chi connectivity index (χ3n) is 5.12. The largest absolute Gasteiger partial charge is 0.484 e. The molecule has 0 spiro atoms. The summed E-state index contributed by atoms with van der Waals surface area (Å²) in [4.78, 5) is 39.6. The van der Waals surface area contributed by atoms with Crippen molar-refractivity contribution in [3.8, 4) is 5.75 Å². The molecule has 0 saturated heterocycles. The first kappa shape index (κ1) is 30.6. The van der Waals surface area contributed by atoms with Crippen molar-refractivity contribution in [3.63, 3.8) is 0 Å². The lowest BCUT2D eigenvalue weighted by atomic mass is 9.75. The molecule has 14 heteroatoms. The van der Waals surface area contributed by atoms with E-state index < -0.39 is 35.9 Å². The van der Waals surface area contributed by atoms with Crippen molar-refractivity contribution in [1.29, 1.82) is 0 Å². The molecule has 0 aromatic heterocycles. The molecule has 7 N–H and O–H groups in total. The van der Waals surface area contributed by atoms with Crippen LogP contribution in [0.2, 0.25) is 0 Å². The lowest BCUT2D eigenvalue weighted by molar-refractivity contribution is -0.525. The van der Waals surface area contributed by atoms with Gasteiger partial charge in [0.1, 0.15) is 11.8 Å². The van der Waals surface area contributed by atoms with Crippen molar-refractivity contribution >= 4 is 24.9 Å². The Morgan fingerprint density at radius 2 is 1.81 bits per heavy atom. The van der Waals surface area contributed by atoms with E-state index in [0.29, 0.717) is 18.1 Å². The molecular weight excluding hydrogens is 471 g/mol. The monoisotopic (exact) mass is 508 g/mol. The Bertz CT molecular complexity index is 880. The molecule has 200 valence electrons. The summed E-state index contributed by atoms with van der Waals surface area (Å²) in [5, 5.41) is 33.9. The Hall–Kier alpha value is -3.39. The zero-order valence-electron chi connectivity index (χ0n) is 21.1. The molecule has 0 fully saturated rings. The van der Waals surface area contributed by atoms with Gasteiger partial charge in [0.15, 0.2) is 11.6 Å². The van der Waals surface area contributed by atoms with Crippen molar-refractivity contribution < 1.29 is 29.4 Å². The van der Waals surface area contributed by atoms with E-state index in [2.05, 4.69) is 29.5 Å². The minimum Gasteiger partial charge on any atom is -0.484 e. The number of hydrogen-bond acceptors (Lipinski definition) is 8. The van der Waals surface area contributed by atoms with E-state index in [4.69, 9.17) is 10.5 Å². The van der Waals surface area contributed by atoms with Crippen molar-refractivity contribution in [2.45, 2.75) is 64.9 Å². The van der Waals surface area contributed by atoms with Crippen LogP contribution in [0, 0.1) is 16.0 Å². The highest BCUT2D eigenvalue weighted by atomic mass is 16.7. The highest BCUT2D eigenvalue weighted by molar-refractivity contribution is 6.43. The first-order chi connectivity index (χ1) is 16.9. The number of hydrogen-bond donors (Lipinski definition) is 6. The van der Waals surface area contributed by atoms with Crippen LogP contribution in [-0.4, -0.2) is 65.1 Å². The highest BCUT2D eigenvalue weighted by Crippen LogP contribution is 2.18. The van der Waals surface area contributed by atoms with Crippen LogP contribution >= 0.6 is 0 Å². The summed E-state index contributed by atoms with van der Waals surface area (Å²) in [6.07, 6.45) is 0.686. The molecule has 2 amide bonds. The number of benzene rings is 1. The molecule has 36 heavy (non-hydrogen) atoms. The normalized spacial score (nSPS) is 13.2. The van der Waals surface area contributed by atoms with Gasteiger partial charge in [0.05, 0.1) is 5.94 Å². The third-order valence-corrected chi connectivity index (χ3v) is 5.12. The molecule has 0 bridgehead atoms. The maximum atomic E-state index is 12.9. The summed E-state index contributed by atoms with van der Waals surface area (Å²) in [7, 11) is -1.78. The van der Waals surface area contributed by atoms with E-state index in [1.165, 1.54) is 0 Å². The van der Waals surface area contributed by atoms with Gasteiger partial charge in [0.2, 0.25) is 5.91 Å². The topological polar surface area (TPSA) is 201 Å². The molecule has 0 saturated carbocycles. The number of nitro groups is 1. The van der Waals surface area contributed by atoms with E-state index >= 15 is 0 Å². The van der Waals surface area contributed by atoms with Crippen molar-refractivity contribution in [2.75, 3.05) is 13.2 Å². The standard InChI is InChI=1S/C22H37BN6O7/c1-14(2)12-19(23(32)33)27-21(31)18(6-5-11-25-22(24)28-29(34)35)26-20(30)13-36-17-9-7-16(8-10-17)15(3)4/h7-10,14-15,18-19,32-33H,5-6,11-13H2,1-4H3,(H,26,30)(H,27,31)(H3,24,25,28)/t18-,19-/m0/s1. The zero-order chi connectivity index (χ0) is 27.3. The zero-order valence-corrected chi connectivity index (χ0v) is 21.1. The molecule has 1 aromatic carbocycles. The van der Waals surface area contributed by atoms with Crippen LogP contribution in [0.15, 0.2) is 29.3 Å². The Morgan fingerprint density at radius 1 is 1.17 bits per heavy atom. The molecule has 1 aromatic rings. The minimum atomic E-state index is -1.78. The Labute approximate surface area is 211 Å². The molecule has 1 rings (SSSR count). The quantitative estimate of drug-likeness (QED) is 0.0474. The van der Waals surface area contributed by atoms with Gasteiger partial charge in [-0.25, -0.2) is 15.1 Å².